The predicted octanol–water partition coefficient (Wildman–Crippen LogP) is 3.14. The minimum atomic E-state index is -0.437. The van der Waals surface area contributed by atoms with Gasteiger partial charge in [-0.1, -0.05) is 0 Å². The summed E-state index contributed by atoms with van der Waals surface area (Å²) < 4.78 is 2.02. The summed E-state index contributed by atoms with van der Waals surface area (Å²) in [6, 6.07) is 10.5. The van der Waals surface area contributed by atoms with Gasteiger partial charge in [0.2, 0.25) is 5.91 Å². The van der Waals surface area contributed by atoms with E-state index in [0.29, 0.717) is 12.6 Å². The summed E-state index contributed by atoms with van der Waals surface area (Å²) in [5.41, 5.74) is 1.91. The number of amides is 1. The predicted molar refractivity (Wildman–Crippen MR) is 91.1 cm³/mol. The van der Waals surface area contributed by atoms with Crippen LogP contribution < -0.4 is 0 Å². The summed E-state index contributed by atoms with van der Waals surface area (Å²) >= 11 is 0. The third-order valence-electron chi connectivity index (χ3n) is 4.18. The first-order valence-corrected chi connectivity index (χ1v) is 7.88. The lowest BCUT2D eigenvalue weighted by atomic mass is 10.2. The maximum atomic E-state index is 12.5. The smallest absolute Gasteiger partial charge is 0.269 e. The molecule has 1 aliphatic rings. The molecule has 6 nitrogen and oxygen atoms in total. The van der Waals surface area contributed by atoms with E-state index in [1.165, 1.54) is 12.1 Å². The number of carbonyl (C=O) groups is 1. The molecule has 0 saturated heterocycles. The van der Waals surface area contributed by atoms with Crippen molar-refractivity contribution in [3.05, 3.63) is 70.0 Å². The van der Waals surface area contributed by atoms with Crippen molar-refractivity contribution in [1.29, 1.82) is 0 Å². The average Bonchev–Trinajstić information content (AvgIpc) is 3.33. The van der Waals surface area contributed by atoms with E-state index in [1.54, 1.807) is 24.3 Å². The second-order valence-electron chi connectivity index (χ2n) is 5.99. The van der Waals surface area contributed by atoms with Crippen LogP contribution in [0.3, 0.4) is 0 Å². The maximum absolute atomic E-state index is 12.5. The van der Waals surface area contributed by atoms with Crippen molar-refractivity contribution < 1.29 is 9.72 Å². The fourth-order valence-electron chi connectivity index (χ4n) is 2.58. The number of aryl methyl sites for hydroxylation is 1. The Morgan fingerprint density at radius 3 is 2.58 bits per heavy atom. The van der Waals surface area contributed by atoms with Gasteiger partial charge in [0.15, 0.2) is 0 Å². The Kier molecular flexibility index (Phi) is 4.46. The second-order valence-corrected chi connectivity index (χ2v) is 5.99. The molecule has 1 aromatic carbocycles. The standard InChI is InChI=1S/C18H19N3O3/c1-19-12-2-3-17(19)13-20(15-9-10-15)18(22)11-6-14-4-7-16(8-5-14)21(23)24/h2-8,11-12,15H,9-10,13H2,1H3/b11-6+. The van der Waals surface area contributed by atoms with E-state index in [-0.39, 0.29) is 11.6 Å². The monoisotopic (exact) mass is 325 g/mol. The van der Waals surface area contributed by atoms with Gasteiger partial charge in [-0.2, -0.15) is 0 Å². The number of benzene rings is 1. The number of hydrogen-bond donors (Lipinski definition) is 0. The molecule has 124 valence electrons. The second kappa shape index (κ2) is 6.70. The Morgan fingerprint density at radius 2 is 2.04 bits per heavy atom. The van der Waals surface area contributed by atoms with Gasteiger partial charge in [0.25, 0.3) is 5.69 Å². The number of nitro groups is 1. The van der Waals surface area contributed by atoms with Gasteiger partial charge in [0.05, 0.1) is 11.5 Å². The van der Waals surface area contributed by atoms with Gasteiger partial charge < -0.3 is 9.47 Å². The van der Waals surface area contributed by atoms with Crippen molar-refractivity contribution in [3.63, 3.8) is 0 Å². The number of aromatic nitrogens is 1. The van der Waals surface area contributed by atoms with Crippen molar-refractivity contribution in [2.75, 3.05) is 0 Å². The minimum absolute atomic E-state index is 0.0305. The minimum Gasteiger partial charge on any atom is -0.353 e. The van der Waals surface area contributed by atoms with Crippen molar-refractivity contribution in [2.24, 2.45) is 7.05 Å². The fourth-order valence-corrected chi connectivity index (χ4v) is 2.58. The molecule has 3 rings (SSSR count). The number of rotatable bonds is 6. The number of carbonyl (C=O) groups excluding carboxylic acids is 1. The van der Waals surface area contributed by atoms with Crippen LogP contribution in [0.1, 0.15) is 24.1 Å². The van der Waals surface area contributed by atoms with Crippen LogP contribution in [0.15, 0.2) is 48.7 Å². The molecule has 0 spiro atoms. The molecule has 0 atom stereocenters. The molecule has 1 aromatic heterocycles. The average molecular weight is 325 g/mol. The summed E-state index contributed by atoms with van der Waals surface area (Å²) in [5.74, 6) is -0.0305. The molecule has 1 amide bonds. The van der Waals surface area contributed by atoms with E-state index in [9.17, 15) is 14.9 Å². The Morgan fingerprint density at radius 1 is 1.33 bits per heavy atom. The molecule has 0 N–H and O–H groups in total. The van der Waals surface area contributed by atoms with Crippen LogP contribution in [0.4, 0.5) is 5.69 Å². The van der Waals surface area contributed by atoms with Gasteiger partial charge in [0.1, 0.15) is 0 Å². The summed E-state index contributed by atoms with van der Waals surface area (Å²) in [6.45, 7) is 0.595. The quantitative estimate of drug-likeness (QED) is 0.465. The molecule has 0 bridgehead atoms. The molecule has 0 aliphatic heterocycles. The Hall–Kier alpha value is -2.89. The lowest BCUT2D eigenvalue weighted by molar-refractivity contribution is -0.384. The zero-order valence-corrected chi connectivity index (χ0v) is 13.5. The lowest BCUT2D eigenvalue weighted by Crippen LogP contribution is -2.31. The molecular weight excluding hydrogens is 306 g/mol. The number of nitrogens with zero attached hydrogens (tertiary/aromatic N) is 3. The Labute approximate surface area is 140 Å². The number of hydrogen-bond acceptors (Lipinski definition) is 3. The zero-order chi connectivity index (χ0) is 17.1. The third kappa shape index (κ3) is 3.71. The number of non-ortho nitro benzene ring substituents is 1. The third-order valence-corrected chi connectivity index (χ3v) is 4.18. The highest BCUT2D eigenvalue weighted by Crippen LogP contribution is 2.28. The van der Waals surface area contributed by atoms with Crippen molar-refractivity contribution in [2.45, 2.75) is 25.4 Å². The maximum Gasteiger partial charge on any atom is 0.269 e. The molecule has 2 aromatic rings. The van der Waals surface area contributed by atoms with Crippen LogP contribution >= 0.6 is 0 Å². The number of nitro benzene ring substituents is 1. The summed E-state index contributed by atoms with van der Waals surface area (Å²) in [4.78, 5) is 24.6. The van der Waals surface area contributed by atoms with E-state index in [1.807, 2.05) is 34.8 Å². The first-order valence-electron chi connectivity index (χ1n) is 7.88. The van der Waals surface area contributed by atoms with E-state index in [4.69, 9.17) is 0 Å². The SMILES string of the molecule is Cn1cccc1CN(C(=O)/C=C/c1ccc([N+](=O)[O-])cc1)C1CC1. The first-order chi connectivity index (χ1) is 11.5. The Bertz CT molecular complexity index is 773. The molecule has 1 fully saturated rings. The molecular formula is C18H19N3O3. The normalized spacial score (nSPS) is 14.0. The highest BCUT2D eigenvalue weighted by Gasteiger charge is 2.31. The Balaban J connectivity index is 1.69. The van der Waals surface area contributed by atoms with Crippen LogP contribution in [0.2, 0.25) is 0 Å². The van der Waals surface area contributed by atoms with Gasteiger partial charge in [-0.05, 0) is 48.7 Å². The van der Waals surface area contributed by atoms with Crippen molar-refractivity contribution >= 4 is 17.7 Å². The zero-order valence-electron chi connectivity index (χ0n) is 13.5. The van der Waals surface area contributed by atoms with Crippen LogP contribution in [0.5, 0.6) is 0 Å². The fraction of sp³-hybridized carbons (Fsp3) is 0.278. The largest absolute Gasteiger partial charge is 0.353 e. The molecule has 6 heteroatoms. The van der Waals surface area contributed by atoms with Crippen LogP contribution in [0.25, 0.3) is 6.08 Å². The molecule has 1 saturated carbocycles. The highest BCUT2D eigenvalue weighted by atomic mass is 16.6. The summed E-state index contributed by atoms with van der Waals surface area (Å²) in [6.07, 6.45) is 7.30. The molecule has 0 radical (unpaired) electrons. The van der Waals surface area contributed by atoms with E-state index < -0.39 is 4.92 Å². The topological polar surface area (TPSA) is 68.4 Å². The summed E-state index contributed by atoms with van der Waals surface area (Å²) in [5, 5.41) is 10.7. The molecule has 24 heavy (non-hydrogen) atoms. The van der Waals surface area contributed by atoms with Crippen LogP contribution in [-0.4, -0.2) is 26.3 Å². The van der Waals surface area contributed by atoms with Gasteiger partial charge in [-0.15, -0.1) is 0 Å². The van der Waals surface area contributed by atoms with E-state index in [0.717, 1.165) is 24.1 Å². The van der Waals surface area contributed by atoms with Crippen LogP contribution in [0, 0.1) is 10.1 Å². The highest BCUT2D eigenvalue weighted by molar-refractivity contribution is 5.92. The van der Waals surface area contributed by atoms with E-state index >= 15 is 0 Å². The first kappa shape index (κ1) is 16.0. The van der Waals surface area contributed by atoms with E-state index in [2.05, 4.69) is 0 Å². The lowest BCUT2D eigenvalue weighted by Gasteiger charge is -2.21. The van der Waals surface area contributed by atoms with Gasteiger partial charge >= 0.3 is 0 Å². The van der Waals surface area contributed by atoms with Crippen molar-refractivity contribution in [1.82, 2.24) is 9.47 Å². The van der Waals surface area contributed by atoms with Gasteiger partial charge in [-0.3, -0.25) is 14.9 Å². The summed E-state index contributed by atoms with van der Waals surface area (Å²) in [7, 11) is 1.97. The molecule has 1 heterocycles. The molecule has 0 unspecified atom stereocenters. The van der Waals surface area contributed by atoms with Gasteiger partial charge in [0, 0.05) is 43.2 Å². The van der Waals surface area contributed by atoms with Gasteiger partial charge in [-0.25, -0.2) is 0 Å². The van der Waals surface area contributed by atoms with Crippen molar-refractivity contribution in [3.8, 4) is 0 Å². The van der Waals surface area contributed by atoms with Crippen LogP contribution in [-0.2, 0) is 18.4 Å². The molecule has 1 aliphatic carbocycles.